The zero-order valence-electron chi connectivity index (χ0n) is 42.9. The zero-order chi connectivity index (χ0) is 47.4. The first-order valence-electron chi connectivity index (χ1n) is 27.7. The summed E-state index contributed by atoms with van der Waals surface area (Å²) in [6.07, 6.45) is 66.7. The van der Waals surface area contributed by atoms with Crippen molar-refractivity contribution >= 4 is 11.9 Å². The lowest BCUT2D eigenvalue weighted by Crippen LogP contribution is -2.46. The quantitative estimate of drug-likeness (QED) is 0.0245. The van der Waals surface area contributed by atoms with Crippen LogP contribution in [0.4, 0.5) is 0 Å². The molecule has 0 saturated heterocycles. The molecule has 0 fully saturated rings. The van der Waals surface area contributed by atoms with Crippen LogP contribution >= 0.6 is 0 Å². The van der Waals surface area contributed by atoms with E-state index in [1.165, 1.54) is 109 Å². The van der Waals surface area contributed by atoms with E-state index in [2.05, 4.69) is 99.0 Å². The van der Waals surface area contributed by atoms with Crippen molar-refractivity contribution in [2.75, 3.05) is 6.61 Å². The van der Waals surface area contributed by atoms with Gasteiger partial charge in [0.2, 0.25) is 5.91 Å². The Hall–Kier alpha value is -2.70. The van der Waals surface area contributed by atoms with Gasteiger partial charge in [0.1, 0.15) is 6.10 Å². The van der Waals surface area contributed by atoms with Crippen LogP contribution in [0.15, 0.2) is 72.9 Å². The van der Waals surface area contributed by atoms with Gasteiger partial charge < -0.3 is 20.3 Å². The van der Waals surface area contributed by atoms with Crippen LogP contribution in [0, 0.1) is 0 Å². The third-order valence-electron chi connectivity index (χ3n) is 12.3. The predicted molar refractivity (Wildman–Crippen MR) is 282 cm³/mol. The molecule has 6 nitrogen and oxygen atoms in total. The third kappa shape index (κ3) is 47.6. The lowest BCUT2D eigenvalue weighted by atomic mass is 10.0. The van der Waals surface area contributed by atoms with Crippen molar-refractivity contribution in [1.29, 1.82) is 0 Å². The topological polar surface area (TPSA) is 95.9 Å². The maximum Gasteiger partial charge on any atom is 0.306 e. The molecular weight excluding hydrogens is 803 g/mol. The largest absolute Gasteiger partial charge is 0.462 e. The number of esters is 1. The van der Waals surface area contributed by atoms with Crippen molar-refractivity contribution in [3.63, 3.8) is 0 Å². The zero-order valence-corrected chi connectivity index (χ0v) is 42.9. The van der Waals surface area contributed by atoms with E-state index in [1.807, 2.05) is 0 Å². The molecule has 6 heteroatoms. The summed E-state index contributed by atoms with van der Waals surface area (Å²) in [4.78, 5) is 26.2. The SMILES string of the molecule is CC/C=C/C=C/C=C/CCCCCCCC(CC(=O)NC(CO)C(O)CCCCCCCCCCCCCCCCCC)OC(=O)CCCCCC/C=C\C/C=C\C/C=C\CCCCC. The highest BCUT2D eigenvalue weighted by molar-refractivity contribution is 5.77. The molecule has 0 spiro atoms. The monoisotopic (exact) mass is 908 g/mol. The Morgan fingerprint density at radius 1 is 0.477 bits per heavy atom. The van der Waals surface area contributed by atoms with E-state index < -0.39 is 18.2 Å². The highest BCUT2D eigenvalue weighted by atomic mass is 16.5. The van der Waals surface area contributed by atoms with E-state index in [4.69, 9.17) is 4.74 Å². The number of carbonyl (C=O) groups is 2. The average Bonchev–Trinajstić information content (AvgIpc) is 3.30. The second-order valence-corrected chi connectivity index (χ2v) is 18.7. The minimum Gasteiger partial charge on any atom is -0.462 e. The van der Waals surface area contributed by atoms with Crippen LogP contribution in [0.2, 0.25) is 0 Å². The number of rotatable bonds is 49. The van der Waals surface area contributed by atoms with E-state index in [0.717, 1.165) is 109 Å². The van der Waals surface area contributed by atoms with Crippen LogP contribution in [0.5, 0.6) is 0 Å². The molecule has 3 atom stereocenters. The lowest BCUT2D eigenvalue weighted by molar-refractivity contribution is -0.151. The third-order valence-corrected chi connectivity index (χ3v) is 12.3. The van der Waals surface area contributed by atoms with E-state index in [0.29, 0.717) is 19.3 Å². The van der Waals surface area contributed by atoms with E-state index >= 15 is 0 Å². The van der Waals surface area contributed by atoms with Gasteiger partial charge in [0.25, 0.3) is 0 Å². The normalized spacial score (nSPS) is 13.7. The Balaban J connectivity index is 4.59. The number of carbonyl (C=O) groups excluding carboxylic acids is 2. The van der Waals surface area contributed by atoms with E-state index in [9.17, 15) is 19.8 Å². The second kappa shape index (κ2) is 52.3. The number of amides is 1. The lowest BCUT2D eigenvalue weighted by Gasteiger charge is -2.24. The maximum absolute atomic E-state index is 13.2. The van der Waals surface area contributed by atoms with Crippen molar-refractivity contribution in [1.82, 2.24) is 5.32 Å². The second-order valence-electron chi connectivity index (χ2n) is 18.7. The Kier molecular flexibility index (Phi) is 50.1. The van der Waals surface area contributed by atoms with Gasteiger partial charge in [0.05, 0.1) is 25.2 Å². The Bertz CT molecular complexity index is 1200. The number of aliphatic hydroxyl groups is 2. The van der Waals surface area contributed by atoms with Crippen LogP contribution in [-0.2, 0) is 14.3 Å². The molecule has 3 unspecified atom stereocenters. The van der Waals surface area contributed by atoms with Gasteiger partial charge in [-0.3, -0.25) is 9.59 Å². The number of hydrogen-bond acceptors (Lipinski definition) is 5. The first-order valence-corrected chi connectivity index (χ1v) is 27.7. The van der Waals surface area contributed by atoms with Crippen molar-refractivity contribution in [2.24, 2.45) is 0 Å². The fourth-order valence-corrected chi connectivity index (χ4v) is 8.14. The summed E-state index contributed by atoms with van der Waals surface area (Å²) in [5, 5.41) is 23.8. The minimum atomic E-state index is -0.801. The summed E-state index contributed by atoms with van der Waals surface area (Å²) in [5.74, 6) is -0.518. The van der Waals surface area contributed by atoms with Crippen molar-refractivity contribution < 1.29 is 24.5 Å². The van der Waals surface area contributed by atoms with Crippen molar-refractivity contribution in [3.05, 3.63) is 72.9 Å². The first kappa shape index (κ1) is 62.3. The molecule has 0 bridgehead atoms. The molecule has 0 aromatic carbocycles. The fourth-order valence-electron chi connectivity index (χ4n) is 8.14. The first-order chi connectivity index (χ1) is 32.0. The van der Waals surface area contributed by atoms with Gasteiger partial charge in [-0.1, -0.05) is 241 Å². The van der Waals surface area contributed by atoms with Crippen molar-refractivity contribution in [3.8, 4) is 0 Å². The predicted octanol–water partition coefficient (Wildman–Crippen LogP) is 17.0. The molecule has 65 heavy (non-hydrogen) atoms. The molecule has 0 aromatic rings. The smallest absolute Gasteiger partial charge is 0.306 e. The molecule has 0 aromatic heterocycles. The van der Waals surface area contributed by atoms with E-state index in [1.54, 1.807) is 0 Å². The number of ether oxygens (including phenoxy) is 1. The van der Waals surface area contributed by atoms with Crippen LogP contribution in [0.1, 0.15) is 265 Å². The number of unbranched alkanes of at least 4 members (excludes halogenated alkanes) is 27. The van der Waals surface area contributed by atoms with Gasteiger partial charge >= 0.3 is 5.97 Å². The molecule has 3 N–H and O–H groups in total. The highest BCUT2D eigenvalue weighted by Gasteiger charge is 2.24. The highest BCUT2D eigenvalue weighted by Crippen LogP contribution is 2.18. The summed E-state index contributed by atoms with van der Waals surface area (Å²) in [6.45, 7) is 6.33. The van der Waals surface area contributed by atoms with Gasteiger partial charge in [0, 0.05) is 6.42 Å². The Morgan fingerprint density at radius 2 is 0.892 bits per heavy atom. The standard InChI is InChI=1S/C59H105NO5/c1-4-7-10-13-16-19-22-25-27-29-31-34-37-40-43-46-49-52-59(64)65-55(50-47-44-41-38-35-32-24-21-18-15-12-9-6-3)53-58(63)60-56(54-61)57(62)51-48-45-42-39-36-33-30-28-26-23-20-17-14-11-8-5-2/h9,12,15-16,18-19,21,24-25,27,31,34,55-57,61-62H,4-8,10-11,13-14,17,20,22-23,26,28-30,32-33,35-54H2,1-3H3,(H,60,63)/b12-9+,18-15+,19-16-,24-21+,27-25-,34-31-. The van der Waals surface area contributed by atoms with Crippen LogP contribution in [-0.4, -0.2) is 46.9 Å². The summed E-state index contributed by atoms with van der Waals surface area (Å²) in [6, 6.07) is -0.717. The summed E-state index contributed by atoms with van der Waals surface area (Å²) >= 11 is 0. The Labute approximate surface area is 402 Å². The van der Waals surface area contributed by atoms with Crippen molar-refractivity contribution in [2.45, 2.75) is 283 Å². The number of nitrogens with one attached hydrogen (secondary N) is 1. The van der Waals surface area contributed by atoms with Gasteiger partial charge in [-0.25, -0.2) is 0 Å². The van der Waals surface area contributed by atoms with Crippen LogP contribution in [0.25, 0.3) is 0 Å². The number of hydrogen-bond donors (Lipinski definition) is 3. The molecule has 1 amide bonds. The van der Waals surface area contributed by atoms with Gasteiger partial charge in [0.15, 0.2) is 0 Å². The van der Waals surface area contributed by atoms with E-state index in [-0.39, 0.29) is 24.9 Å². The molecular formula is C59H105NO5. The molecule has 0 aliphatic carbocycles. The maximum atomic E-state index is 13.2. The molecule has 0 saturated carbocycles. The molecule has 0 rings (SSSR count). The van der Waals surface area contributed by atoms with Crippen LogP contribution < -0.4 is 5.32 Å². The minimum absolute atomic E-state index is 0.0526. The fraction of sp³-hybridized carbons (Fsp3) is 0.763. The summed E-state index contributed by atoms with van der Waals surface area (Å²) in [5.41, 5.74) is 0. The molecule has 0 radical (unpaired) electrons. The molecule has 0 aliphatic rings. The number of aliphatic hydroxyl groups excluding tert-OH is 2. The summed E-state index contributed by atoms with van der Waals surface area (Å²) in [7, 11) is 0. The molecule has 0 heterocycles. The molecule has 376 valence electrons. The molecule has 0 aliphatic heterocycles. The average molecular weight is 908 g/mol. The van der Waals surface area contributed by atoms with Gasteiger partial charge in [-0.2, -0.15) is 0 Å². The summed E-state index contributed by atoms with van der Waals surface area (Å²) < 4.78 is 5.93. The van der Waals surface area contributed by atoms with Gasteiger partial charge in [-0.05, 0) is 83.5 Å². The van der Waals surface area contributed by atoms with Gasteiger partial charge in [-0.15, -0.1) is 0 Å². The Morgan fingerprint density at radius 3 is 1.42 bits per heavy atom. The number of allylic oxidation sites excluding steroid dienone is 12. The van der Waals surface area contributed by atoms with Crippen LogP contribution in [0.3, 0.4) is 0 Å².